The lowest BCUT2D eigenvalue weighted by Crippen LogP contribution is -2.07. The minimum Gasteiger partial charge on any atom is -0.368 e. The van der Waals surface area contributed by atoms with Gasteiger partial charge in [-0.15, -0.1) is 0 Å². The molecular weight excluding hydrogens is 297 g/mol. The van der Waals surface area contributed by atoms with Crippen LogP contribution in [-0.4, -0.2) is 16.7 Å². The Bertz CT molecular complexity index is 537. The van der Waals surface area contributed by atoms with Gasteiger partial charge in [-0.2, -0.15) is 5.10 Å². The molecular formula is C13H15BrFN3. The molecule has 0 amide bonds. The predicted octanol–water partition coefficient (Wildman–Crippen LogP) is 4.05. The molecule has 1 aromatic heterocycles. The number of halogens is 2. The van der Waals surface area contributed by atoms with Crippen LogP contribution in [0.15, 0.2) is 28.7 Å². The molecule has 0 aliphatic carbocycles. The molecule has 18 heavy (non-hydrogen) atoms. The maximum atomic E-state index is 13.0. The smallest absolute Gasteiger partial charge is 0.148 e. The number of aromatic nitrogens is 2. The summed E-state index contributed by atoms with van der Waals surface area (Å²) >= 11 is 3.35. The van der Waals surface area contributed by atoms with Gasteiger partial charge in [0.05, 0.1) is 5.69 Å². The van der Waals surface area contributed by atoms with Crippen LogP contribution in [-0.2, 0) is 0 Å². The molecule has 0 aliphatic rings. The molecule has 2 N–H and O–H groups in total. The van der Waals surface area contributed by atoms with Crippen molar-refractivity contribution in [2.45, 2.75) is 13.8 Å². The number of hydrogen-bond donors (Lipinski definition) is 2. The molecule has 0 spiro atoms. The van der Waals surface area contributed by atoms with E-state index in [4.69, 9.17) is 0 Å². The fraction of sp³-hybridized carbons (Fsp3) is 0.308. The summed E-state index contributed by atoms with van der Waals surface area (Å²) in [5.41, 5.74) is 1.75. The Morgan fingerprint density at radius 1 is 1.39 bits per heavy atom. The zero-order valence-electron chi connectivity index (χ0n) is 10.3. The summed E-state index contributed by atoms with van der Waals surface area (Å²) in [7, 11) is 0. The first-order valence-electron chi connectivity index (χ1n) is 5.81. The summed E-state index contributed by atoms with van der Waals surface area (Å²) in [5.74, 6) is 1.10. The average molecular weight is 312 g/mol. The Morgan fingerprint density at radius 2 is 2.17 bits per heavy atom. The van der Waals surface area contributed by atoms with E-state index in [1.54, 1.807) is 6.07 Å². The Morgan fingerprint density at radius 3 is 2.83 bits per heavy atom. The fourth-order valence-electron chi connectivity index (χ4n) is 1.57. The first kappa shape index (κ1) is 13.1. The van der Waals surface area contributed by atoms with Gasteiger partial charge in [-0.25, -0.2) is 4.39 Å². The number of nitrogens with zero attached hydrogens (tertiary/aromatic N) is 1. The molecule has 3 nitrogen and oxygen atoms in total. The number of aromatic amines is 1. The molecule has 0 radical (unpaired) electrons. The second-order valence-electron chi connectivity index (χ2n) is 4.57. The second kappa shape index (κ2) is 5.52. The number of anilines is 1. The van der Waals surface area contributed by atoms with Crippen LogP contribution in [0.3, 0.4) is 0 Å². The van der Waals surface area contributed by atoms with Crippen LogP contribution in [0.1, 0.15) is 13.8 Å². The lowest BCUT2D eigenvalue weighted by Gasteiger charge is -2.04. The van der Waals surface area contributed by atoms with Crippen molar-refractivity contribution in [1.82, 2.24) is 10.2 Å². The van der Waals surface area contributed by atoms with Gasteiger partial charge in [-0.05, 0) is 40.0 Å². The van der Waals surface area contributed by atoms with Crippen molar-refractivity contribution in [3.8, 4) is 11.3 Å². The maximum Gasteiger partial charge on any atom is 0.148 e. The lowest BCUT2D eigenvalue weighted by molar-refractivity contribution is 0.627. The van der Waals surface area contributed by atoms with Crippen LogP contribution < -0.4 is 5.32 Å². The van der Waals surface area contributed by atoms with Crippen molar-refractivity contribution in [2.75, 3.05) is 11.9 Å². The van der Waals surface area contributed by atoms with E-state index < -0.39 is 0 Å². The first-order valence-corrected chi connectivity index (χ1v) is 6.60. The normalized spacial score (nSPS) is 10.9. The highest BCUT2D eigenvalue weighted by Gasteiger charge is 2.08. The van der Waals surface area contributed by atoms with Crippen LogP contribution in [0.25, 0.3) is 11.3 Å². The third-order valence-corrected chi connectivity index (χ3v) is 3.15. The van der Waals surface area contributed by atoms with Gasteiger partial charge in [0.1, 0.15) is 11.6 Å². The van der Waals surface area contributed by atoms with Gasteiger partial charge in [-0.1, -0.05) is 13.8 Å². The molecule has 0 atom stereocenters. The Labute approximate surface area is 114 Å². The van der Waals surface area contributed by atoms with Gasteiger partial charge < -0.3 is 5.32 Å². The van der Waals surface area contributed by atoms with Crippen LogP contribution >= 0.6 is 15.9 Å². The molecule has 1 aromatic carbocycles. The number of benzene rings is 1. The number of H-pyrrole nitrogens is 1. The fourth-order valence-corrected chi connectivity index (χ4v) is 2.13. The van der Waals surface area contributed by atoms with Gasteiger partial charge in [-0.3, -0.25) is 5.10 Å². The SMILES string of the molecule is CC(C)CNc1cc(-c2ccc(F)cc2Br)[nH]n1. The number of rotatable bonds is 4. The third-order valence-electron chi connectivity index (χ3n) is 2.49. The highest BCUT2D eigenvalue weighted by Crippen LogP contribution is 2.28. The molecule has 96 valence electrons. The van der Waals surface area contributed by atoms with Gasteiger partial charge in [0, 0.05) is 22.6 Å². The minimum absolute atomic E-state index is 0.261. The second-order valence-corrected chi connectivity index (χ2v) is 5.42. The van der Waals surface area contributed by atoms with E-state index in [2.05, 4.69) is 45.3 Å². The van der Waals surface area contributed by atoms with Crippen molar-refractivity contribution in [1.29, 1.82) is 0 Å². The topological polar surface area (TPSA) is 40.7 Å². The first-order chi connectivity index (χ1) is 8.56. The predicted molar refractivity (Wildman–Crippen MR) is 75.0 cm³/mol. The average Bonchev–Trinajstić information content (AvgIpc) is 2.75. The Balaban J connectivity index is 2.18. The van der Waals surface area contributed by atoms with E-state index in [9.17, 15) is 4.39 Å². The summed E-state index contributed by atoms with van der Waals surface area (Å²) in [4.78, 5) is 0. The molecule has 0 aliphatic heterocycles. The zero-order valence-corrected chi connectivity index (χ0v) is 11.9. The highest BCUT2D eigenvalue weighted by atomic mass is 79.9. The summed E-state index contributed by atoms with van der Waals surface area (Å²) < 4.78 is 13.7. The highest BCUT2D eigenvalue weighted by molar-refractivity contribution is 9.10. The molecule has 0 fully saturated rings. The van der Waals surface area contributed by atoms with Crippen molar-refractivity contribution in [3.63, 3.8) is 0 Å². The molecule has 5 heteroatoms. The quantitative estimate of drug-likeness (QED) is 0.894. The van der Waals surface area contributed by atoms with E-state index in [0.717, 1.165) is 23.6 Å². The van der Waals surface area contributed by atoms with Gasteiger partial charge in [0.15, 0.2) is 0 Å². The molecule has 2 aromatic rings. The summed E-state index contributed by atoms with van der Waals surface area (Å²) in [6.07, 6.45) is 0. The van der Waals surface area contributed by atoms with E-state index in [-0.39, 0.29) is 5.82 Å². The number of hydrogen-bond acceptors (Lipinski definition) is 2. The van der Waals surface area contributed by atoms with Crippen LogP contribution in [0, 0.1) is 11.7 Å². The van der Waals surface area contributed by atoms with Crippen LogP contribution in [0.5, 0.6) is 0 Å². The monoisotopic (exact) mass is 311 g/mol. The van der Waals surface area contributed by atoms with Crippen LogP contribution in [0.2, 0.25) is 0 Å². The van der Waals surface area contributed by atoms with Crippen molar-refractivity contribution < 1.29 is 4.39 Å². The van der Waals surface area contributed by atoms with Crippen molar-refractivity contribution in [3.05, 3.63) is 34.6 Å². The van der Waals surface area contributed by atoms with Crippen LogP contribution in [0.4, 0.5) is 10.2 Å². The van der Waals surface area contributed by atoms with Gasteiger partial charge in [0.2, 0.25) is 0 Å². The molecule has 0 unspecified atom stereocenters. The van der Waals surface area contributed by atoms with Gasteiger partial charge >= 0.3 is 0 Å². The number of nitrogens with one attached hydrogen (secondary N) is 2. The third kappa shape index (κ3) is 3.10. The molecule has 2 rings (SSSR count). The van der Waals surface area contributed by atoms with Crippen molar-refractivity contribution >= 4 is 21.7 Å². The summed E-state index contributed by atoms with van der Waals surface area (Å²) in [5, 5.41) is 10.4. The van der Waals surface area contributed by atoms with E-state index in [1.807, 2.05) is 6.07 Å². The van der Waals surface area contributed by atoms with Crippen molar-refractivity contribution in [2.24, 2.45) is 5.92 Å². The Kier molecular flexibility index (Phi) is 4.01. The summed E-state index contributed by atoms with van der Waals surface area (Å²) in [6, 6.07) is 6.51. The standard InChI is InChI=1S/C13H15BrFN3/c1-8(2)7-16-13-6-12(17-18-13)10-4-3-9(15)5-11(10)14/h3-6,8H,7H2,1-2H3,(H2,16,17,18). The maximum absolute atomic E-state index is 13.0. The van der Waals surface area contributed by atoms with Gasteiger partial charge in [0.25, 0.3) is 0 Å². The zero-order chi connectivity index (χ0) is 13.1. The summed E-state index contributed by atoms with van der Waals surface area (Å²) in [6.45, 7) is 5.14. The molecule has 0 saturated carbocycles. The minimum atomic E-state index is -0.261. The Hall–Kier alpha value is -1.36. The van der Waals surface area contributed by atoms with E-state index in [1.165, 1.54) is 12.1 Å². The molecule has 0 bridgehead atoms. The lowest BCUT2D eigenvalue weighted by atomic mass is 10.1. The largest absolute Gasteiger partial charge is 0.368 e. The van der Waals surface area contributed by atoms with E-state index >= 15 is 0 Å². The molecule has 1 heterocycles. The molecule has 0 saturated heterocycles. The van der Waals surface area contributed by atoms with E-state index in [0.29, 0.717) is 10.4 Å².